The molecular weight excluding hydrogens is 497 g/mol. The number of anilines is 1. The van der Waals surface area contributed by atoms with Gasteiger partial charge in [-0.15, -0.1) is 0 Å². The number of likely N-dealkylation sites (tertiary alicyclic amines) is 1. The smallest absolute Gasteiger partial charge is 0.416 e. The molecule has 2 N–H and O–H groups in total. The largest absolute Gasteiger partial charge is 0.507 e. The number of halogens is 3. The van der Waals surface area contributed by atoms with Crippen LogP contribution in [0, 0.1) is 6.92 Å². The molecular formula is C28H25F3N4O3. The number of nitrogens with one attached hydrogen (secondary N) is 1. The fourth-order valence-electron chi connectivity index (χ4n) is 4.71. The van der Waals surface area contributed by atoms with Crippen LogP contribution in [0.3, 0.4) is 0 Å². The second kappa shape index (κ2) is 9.85. The number of phenols is 1. The average Bonchev–Trinajstić information content (AvgIpc) is 3.32. The van der Waals surface area contributed by atoms with Crippen LogP contribution in [-0.4, -0.2) is 44.3 Å². The number of rotatable bonds is 4. The number of hydrogen-bond donors (Lipinski definition) is 2. The predicted molar refractivity (Wildman–Crippen MR) is 135 cm³/mol. The van der Waals surface area contributed by atoms with Crippen molar-refractivity contribution >= 4 is 23.1 Å². The highest BCUT2D eigenvalue weighted by atomic mass is 19.4. The van der Waals surface area contributed by atoms with Crippen molar-refractivity contribution in [3.63, 3.8) is 0 Å². The van der Waals surface area contributed by atoms with Crippen molar-refractivity contribution in [3.8, 4) is 5.75 Å². The minimum Gasteiger partial charge on any atom is -0.507 e. The number of carbonyl (C=O) groups is 2. The molecule has 2 aromatic carbocycles. The van der Waals surface area contributed by atoms with Gasteiger partial charge in [0.25, 0.3) is 11.8 Å². The maximum Gasteiger partial charge on any atom is 0.416 e. The van der Waals surface area contributed by atoms with Crippen molar-refractivity contribution in [1.29, 1.82) is 0 Å². The minimum absolute atomic E-state index is 0.0721. The fraction of sp³-hybridized carbons (Fsp3) is 0.250. The third kappa shape index (κ3) is 5.20. The minimum atomic E-state index is -4.48. The van der Waals surface area contributed by atoms with E-state index in [-0.39, 0.29) is 34.5 Å². The molecule has 4 aromatic rings. The Morgan fingerprint density at radius 3 is 2.39 bits per heavy atom. The molecule has 1 saturated heterocycles. The summed E-state index contributed by atoms with van der Waals surface area (Å²) in [6, 6.07) is 14.2. The Morgan fingerprint density at radius 2 is 1.74 bits per heavy atom. The molecule has 7 nitrogen and oxygen atoms in total. The summed E-state index contributed by atoms with van der Waals surface area (Å²) in [5.41, 5.74) is 2.12. The number of pyridine rings is 1. The monoisotopic (exact) mass is 522 g/mol. The van der Waals surface area contributed by atoms with Crippen molar-refractivity contribution in [2.45, 2.75) is 31.9 Å². The summed E-state index contributed by atoms with van der Waals surface area (Å²) >= 11 is 0. The Morgan fingerprint density at radius 1 is 1.03 bits per heavy atom. The topological polar surface area (TPSA) is 86.9 Å². The van der Waals surface area contributed by atoms with Crippen LogP contribution in [0.15, 0.2) is 67.0 Å². The lowest BCUT2D eigenvalue weighted by Crippen LogP contribution is -2.38. The van der Waals surface area contributed by atoms with Crippen molar-refractivity contribution < 1.29 is 27.9 Å². The van der Waals surface area contributed by atoms with Gasteiger partial charge in [0.2, 0.25) is 0 Å². The first kappa shape index (κ1) is 25.3. The third-order valence-corrected chi connectivity index (χ3v) is 6.83. The van der Waals surface area contributed by atoms with Gasteiger partial charge in [0, 0.05) is 31.2 Å². The molecule has 3 heterocycles. The first-order valence-corrected chi connectivity index (χ1v) is 12.1. The van der Waals surface area contributed by atoms with Gasteiger partial charge in [0.15, 0.2) is 0 Å². The predicted octanol–water partition coefficient (Wildman–Crippen LogP) is 5.64. The van der Waals surface area contributed by atoms with Gasteiger partial charge in [-0.3, -0.25) is 9.59 Å². The summed E-state index contributed by atoms with van der Waals surface area (Å²) in [6.45, 7) is 2.82. The Bertz CT molecular complexity index is 1500. The second-order valence-corrected chi connectivity index (χ2v) is 9.47. The lowest BCUT2D eigenvalue weighted by Gasteiger charge is -2.32. The maximum atomic E-state index is 13.0. The number of hydrogen-bond acceptors (Lipinski definition) is 4. The van der Waals surface area contributed by atoms with E-state index in [9.17, 15) is 27.9 Å². The number of fused-ring (bicyclic) bond motifs is 1. The third-order valence-electron chi connectivity index (χ3n) is 6.83. The first-order valence-electron chi connectivity index (χ1n) is 12.1. The lowest BCUT2D eigenvalue weighted by atomic mass is 9.89. The van der Waals surface area contributed by atoms with Crippen molar-refractivity contribution in [2.24, 2.45) is 0 Å². The molecule has 0 saturated carbocycles. The van der Waals surface area contributed by atoms with Crippen LogP contribution < -0.4 is 5.32 Å². The second-order valence-electron chi connectivity index (χ2n) is 9.47. The van der Waals surface area contributed by atoms with E-state index in [1.54, 1.807) is 17.0 Å². The average molecular weight is 523 g/mol. The van der Waals surface area contributed by atoms with Gasteiger partial charge < -0.3 is 19.7 Å². The number of aryl methyl sites for hydroxylation is 1. The molecule has 0 bridgehead atoms. The van der Waals surface area contributed by atoms with E-state index in [0.29, 0.717) is 18.8 Å². The highest BCUT2D eigenvalue weighted by Crippen LogP contribution is 2.31. The van der Waals surface area contributed by atoms with E-state index >= 15 is 0 Å². The number of piperidine rings is 1. The highest BCUT2D eigenvalue weighted by molar-refractivity contribution is 6.06. The molecule has 5 rings (SSSR count). The molecule has 0 spiro atoms. The number of aromatic hydroxyl groups is 1. The Kier molecular flexibility index (Phi) is 6.56. The normalized spacial score (nSPS) is 14.6. The van der Waals surface area contributed by atoms with Crippen molar-refractivity contribution in [3.05, 3.63) is 94.9 Å². The molecule has 0 atom stereocenters. The molecule has 196 valence electrons. The summed E-state index contributed by atoms with van der Waals surface area (Å²) in [6.07, 6.45) is -0.328. The number of amides is 2. The van der Waals surface area contributed by atoms with E-state index in [2.05, 4.69) is 10.3 Å². The summed E-state index contributed by atoms with van der Waals surface area (Å²) in [5.74, 6) is -0.558. The molecule has 2 amide bonds. The van der Waals surface area contributed by atoms with Gasteiger partial charge >= 0.3 is 6.18 Å². The number of alkyl halides is 3. The molecule has 10 heteroatoms. The zero-order valence-corrected chi connectivity index (χ0v) is 20.5. The number of phenolic OH excluding ortho intramolecular Hbond substituents is 1. The molecule has 1 aliphatic rings. The van der Waals surface area contributed by atoms with Crippen LogP contribution in [-0.2, 0) is 6.18 Å². The fourth-order valence-corrected chi connectivity index (χ4v) is 4.71. The molecule has 0 aliphatic carbocycles. The molecule has 1 aliphatic heterocycles. The summed E-state index contributed by atoms with van der Waals surface area (Å²) in [4.78, 5) is 31.3. The zero-order chi connectivity index (χ0) is 27.0. The maximum absolute atomic E-state index is 13.0. The first-order chi connectivity index (χ1) is 18.1. The standard InChI is InChI=1S/C28H25F3N4O3/c1-17-2-7-22(24(36)14-17)26(37)32-21-5-3-18(4-6-21)19-8-11-34(12-9-19)27(38)23-16-35-13-10-20(28(29,30)31)15-25(35)33-23/h2-7,10,13-16,19,36H,8-9,11-12H2,1H3,(H,32,37). The van der Waals surface area contributed by atoms with Crippen LogP contribution in [0.1, 0.15) is 56.3 Å². The van der Waals surface area contributed by atoms with Crippen LogP contribution in [0.2, 0.25) is 0 Å². The summed E-state index contributed by atoms with van der Waals surface area (Å²) < 4.78 is 40.4. The molecule has 38 heavy (non-hydrogen) atoms. The van der Waals surface area contributed by atoms with Gasteiger partial charge in [0.05, 0.1) is 11.1 Å². The number of imidazole rings is 1. The molecule has 0 radical (unpaired) electrons. The van der Waals surface area contributed by atoms with Gasteiger partial charge in [-0.2, -0.15) is 13.2 Å². The summed E-state index contributed by atoms with van der Waals surface area (Å²) in [7, 11) is 0. The molecule has 1 fully saturated rings. The highest BCUT2D eigenvalue weighted by Gasteiger charge is 2.31. The van der Waals surface area contributed by atoms with E-state index in [1.165, 1.54) is 22.9 Å². The number of benzene rings is 2. The van der Waals surface area contributed by atoms with Crippen LogP contribution >= 0.6 is 0 Å². The van der Waals surface area contributed by atoms with Gasteiger partial charge in [-0.1, -0.05) is 18.2 Å². The van der Waals surface area contributed by atoms with E-state index < -0.39 is 17.6 Å². The molecule has 2 aromatic heterocycles. The lowest BCUT2D eigenvalue weighted by molar-refractivity contribution is -0.137. The van der Waals surface area contributed by atoms with Gasteiger partial charge in [-0.25, -0.2) is 4.98 Å². The number of aromatic nitrogens is 2. The van der Waals surface area contributed by atoms with E-state index in [0.717, 1.165) is 36.1 Å². The van der Waals surface area contributed by atoms with E-state index in [1.807, 2.05) is 31.2 Å². The number of carbonyl (C=O) groups excluding carboxylic acids is 2. The van der Waals surface area contributed by atoms with E-state index in [4.69, 9.17) is 0 Å². The summed E-state index contributed by atoms with van der Waals surface area (Å²) in [5, 5.41) is 12.8. The zero-order valence-electron chi connectivity index (χ0n) is 20.5. The van der Waals surface area contributed by atoms with Crippen molar-refractivity contribution in [2.75, 3.05) is 18.4 Å². The van der Waals surface area contributed by atoms with Crippen LogP contribution in [0.5, 0.6) is 5.75 Å². The Balaban J connectivity index is 1.19. The van der Waals surface area contributed by atoms with Crippen molar-refractivity contribution in [1.82, 2.24) is 14.3 Å². The SMILES string of the molecule is Cc1ccc(C(=O)Nc2ccc(C3CCN(C(=O)c4cn5ccc(C(F)(F)F)cc5n4)CC3)cc2)c(O)c1. The Labute approximate surface area is 216 Å². The number of nitrogens with zero attached hydrogens (tertiary/aromatic N) is 3. The molecule has 0 unspecified atom stereocenters. The van der Waals surface area contributed by atoms with Gasteiger partial charge in [0.1, 0.15) is 17.1 Å². The van der Waals surface area contributed by atoms with Crippen LogP contribution in [0.25, 0.3) is 5.65 Å². The van der Waals surface area contributed by atoms with Gasteiger partial charge in [-0.05, 0) is 73.2 Å². The Hall–Kier alpha value is -4.34. The van der Waals surface area contributed by atoms with Crippen LogP contribution in [0.4, 0.5) is 18.9 Å². The quantitative estimate of drug-likeness (QED) is 0.363.